The Balaban J connectivity index is 1.97. The zero-order chi connectivity index (χ0) is 13.7. The molecule has 19 heavy (non-hydrogen) atoms. The number of aromatic nitrogens is 3. The number of unbranched alkanes of at least 4 members (excludes halogenated alkanes) is 3. The zero-order valence-corrected chi connectivity index (χ0v) is 13.4. The van der Waals surface area contributed by atoms with Gasteiger partial charge in [0.05, 0.1) is 10.5 Å². The molecular formula is C13H18ClN3S2. The van der Waals surface area contributed by atoms with Gasteiger partial charge < -0.3 is 9.55 Å². The Hall–Kier alpha value is -0.520. The van der Waals surface area contributed by atoms with E-state index in [0.29, 0.717) is 5.02 Å². The van der Waals surface area contributed by atoms with Gasteiger partial charge in [0.1, 0.15) is 0 Å². The van der Waals surface area contributed by atoms with Crippen LogP contribution in [0.25, 0.3) is 11.2 Å². The van der Waals surface area contributed by atoms with E-state index >= 15 is 0 Å². The predicted octanol–water partition coefficient (Wildman–Crippen LogP) is 4.67. The summed E-state index contributed by atoms with van der Waals surface area (Å²) in [7, 11) is 0. The largest absolute Gasteiger partial charge is 0.329 e. The molecule has 2 heterocycles. The summed E-state index contributed by atoms with van der Waals surface area (Å²) in [6.45, 7) is 0.923. The first-order valence-electron chi connectivity index (χ1n) is 6.45. The highest BCUT2D eigenvalue weighted by Gasteiger charge is 2.05. The number of nitrogens with zero attached hydrogens (tertiary/aromatic N) is 2. The van der Waals surface area contributed by atoms with Gasteiger partial charge in [0.2, 0.25) is 0 Å². The molecule has 1 N–H and O–H groups in total. The van der Waals surface area contributed by atoms with Crippen molar-refractivity contribution >= 4 is 46.7 Å². The summed E-state index contributed by atoms with van der Waals surface area (Å²) in [5.41, 5.74) is 1.82. The first-order valence-corrected chi connectivity index (χ1v) is 8.63. The molecule has 0 unspecified atom stereocenters. The topological polar surface area (TPSA) is 33.6 Å². The van der Waals surface area contributed by atoms with Crippen molar-refractivity contribution in [1.82, 2.24) is 14.5 Å². The molecule has 0 aliphatic carbocycles. The maximum Gasteiger partial charge on any atom is 0.179 e. The van der Waals surface area contributed by atoms with Gasteiger partial charge in [-0.15, -0.1) is 0 Å². The van der Waals surface area contributed by atoms with Crippen molar-refractivity contribution in [3.8, 4) is 0 Å². The van der Waals surface area contributed by atoms with Crippen LogP contribution in [-0.2, 0) is 6.54 Å². The van der Waals surface area contributed by atoms with Crippen LogP contribution in [0.5, 0.6) is 0 Å². The van der Waals surface area contributed by atoms with E-state index in [1.54, 1.807) is 6.20 Å². The monoisotopic (exact) mass is 315 g/mol. The summed E-state index contributed by atoms with van der Waals surface area (Å²) in [6.07, 6.45) is 8.79. The van der Waals surface area contributed by atoms with Gasteiger partial charge >= 0.3 is 0 Å². The molecule has 0 saturated heterocycles. The minimum absolute atomic E-state index is 0.632. The summed E-state index contributed by atoms with van der Waals surface area (Å²) in [5, 5.41) is 0.632. The average Bonchev–Trinajstić information content (AvgIpc) is 2.69. The number of aryl methyl sites for hydroxylation is 1. The number of hydrogen-bond acceptors (Lipinski definition) is 3. The van der Waals surface area contributed by atoms with Crippen molar-refractivity contribution < 1.29 is 0 Å². The molecule has 104 valence electrons. The van der Waals surface area contributed by atoms with Gasteiger partial charge in [0.15, 0.2) is 10.4 Å². The van der Waals surface area contributed by atoms with Crippen molar-refractivity contribution in [2.75, 3.05) is 12.0 Å². The average molecular weight is 316 g/mol. The number of fused-ring (bicyclic) bond motifs is 1. The number of nitrogens with one attached hydrogen (secondary N) is 1. The maximum atomic E-state index is 5.93. The number of halogens is 1. The van der Waals surface area contributed by atoms with E-state index in [4.69, 9.17) is 23.8 Å². The van der Waals surface area contributed by atoms with E-state index in [2.05, 4.69) is 20.8 Å². The Bertz CT molecular complexity index is 591. The molecule has 0 bridgehead atoms. The third-order valence-electron chi connectivity index (χ3n) is 3.06. The van der Waals surface area contributed by atoms with Gasteiger partial charge in [-0.2, -0.15) is 11.8 Å². The molecule has 3 nitrogen and oxygen atoms in total. The quantitative estimate of drug-likeness (QED) is 0.595. The van der Waals surface area contributed by atoms with Gasteiger partial charge in [0, 0.05) is 12.7 Å². The van der Waals surface area contributed by atoms with Crippen LogP contribution < -0.4 is 0 Å². The lowest BCUT2D eigenvalue weighted by Crippen LogP contribution is -1.99. The van der Waals surface area contributed by atoms with Crippen LogP contribution >= 0.6 is 35.6 Å². The Morgan fingerprint density at radius 2 is 2.16 bits per heavy atom. The standard InChI is InChI=1S/C13H18ClN3S2/c1-19-7-5-3-2-4-6-17-12-11(16-13(17)18)8-10(14)9-15-12/h8-9H,2-7H2,1H3,(H,16,18). The van der Waals surface area contributed by atoms with Crippen LogP contribution in [0.15, 0.2) is 12.3 Å². The van der Waals surface area contributed by atoms with Gasteiger partial charge in [-0.25, -0.2) is 4.98 Å². The Morgan fingerprint density at radius 3 is 2.95 bits per heavy atom. The lowest BCUT2D eigenvalue weighted by Gasteiger charge is -2.04. The van der Waals surface area contributed by atoms with Crippen molar-refractivity contribution in [2.24, 2.45) is 0 Å². The van der Waals surface area contributed by atoms with Crippen molar-refractivity contribution in [2.45, 2.75) is 32.2 Å². The van der Waals surface area contributed by atoms with E-state index in [-0.39, 0.29) is 0 Å². The minimum atomic E-state index is 0.632. The van der Waals surface area contributed by atoms with Gasteiger partial charge in [-0.05, 0) is 43.1 Å². The number of rotatable bonds is 7. The van der Waals surface area contributed by atoms with E-state index in [9.17, 15) is 0 Å². The van der Waals surface area contributed by atoms with Crippen LogP contribution in [0.1, 0.15) is 25.7 Å². The van der Waals surface area contributed by atoms with Gasteiger partial charge in [-0.1, -0.05) is 24.4 Å². The maximum absolute atomic E-state index is 5.93. The normalized spacial score (nSPS) is 11.3. The van der Waals surface area contributed by atoms with E-state index in [0.717, 1.165) is 28.9 Å². The molecule has 0 radical (unpaired) electrons. The lowest BCUT2D eigenvalue weighted by molar-refractivity contribution is 0.587. The van der Waals surface area contributed by atoms with Crippen LogP contribution in [0.4, 0.5) is 0 Å². The molecule has 0 amide bonds. The molecule has 0 saturated carbocycles. The number of imidazole rings is 1. The summed E-state index contributed by atoms with van der Waals surface area (Å²) < 4.78 is 2.80. The number of H-pyrrole nitrogens is 1. The second kappa shape index (κ2) is 7.31. The number of hydrogen-bond donors (Lipinski definition) is 1. The second-order valence-electron chi connectivity index (χ2n) is 4.51. The Labute approximate surface area is 127 Å². The van der Waals surface area contributed by atoms with Crippen molar-refractivity contribution in [3.05, 3.63) is 22.1 Å². The van der Waals surface area contributed by atoms with E-state index < -0.39 is 0 Å². The predicted molar refractivity (Wildman–Crippen MR) is 86.8 cm³/mol. The molecule has 0 aliphatic heterocycles. The molecule has 0 fully saturated rings. The molecule has 6 heteroatoms. The smallest absolute Gasteiger partial charge is 0.179 e. The zero-order valence-electron chi connectivity index (χ0n) is 11.0. The second-order valence-corrected chi connectivity index (χ2v) is 6.32. The minimum Gasteiger partial charge on any atom is -0.329 e. The summed E-state index contributed by atoms with van der Waals surface area (Å²) >= 11 is 13.2. The lowest BCUT2D eigenvalue weighted by atomic mass is 10.2. The fraction of sp³-hybridized carbons (Fsp3) is 0.538. The molecular weight excluding hydrogens is 298 g/mol. The van der Waals surface area contributed by atoms with Gasteiger partial charge in [0.25, 0.3) is 0 Å². The van der Waals surface area contributed by atoms with Crippen LogP contribution in [0.2, 0.25) is 5.02 Å². The van der Waals surface area contributed by atoms with Crippen molar-refractivity contribution in [1.29, 1.82) is 0 Å². The van der Waals surface area contributed by atoms with E-state index in [1.165, 1.54) is 25.0 Å². The highest BCUT2D eigenvalue weighted by atomic mass is 35.5. The highest BCUT2D eigenvalue weighted by molar-refractivity contribution is 7.98. The Morgan fingerprint density at radius 1 is 1.37 bits per heavy atom. The molecule has 2 aromatic rings. The molecule has 0 aromatic carbocycles. The summed E-state index contributed by atoms with van der Waals surface area (Å²) in [6, 6.07) is 1.87. The van der Waals surface area contributed by atoms with Crippen molar-refractivity contribution in [3.63, 3.8) is 0 Å². The number of thioether (sulfide) groups is 1. The number of aromatic amines is 1. The van der Waals surface area contributed by atoms with Crippen LogP contribution in [-0.4, -0.2) is 26.5 Å². The highest BCUT2D eigenvalue weighted by Crippen LogP contribution is 2.17. The molecule has 0 aliphatic rings. The third kappa shape index (κ3) is 3.97. The summed E-state index contributed by atoms with van der Waals surface area (Å²) in [4.78, 5) is 7.52. The van der Waals surface area contributed by atoms with E-state index in [1.807, 2.05) is 17.8 Å². The first-order chi connectivity index (χ1) is 9.22. The first kappa shape index (κ1) is 14.9. The molecule has 2 rings (SSSR count). The van der Waals surface area contributed by atoms with Gasteiger partial charge in [-0.3, -0.25) is 0 Å². The molecule has 0 atom stereocenters. The van der Waals surface area contributed by atoms with Crippen LogP contribution in [0, 0.1) is 4.77 Å². The molecule has 0 spiro atoms. The number of pyridine rings is 1. The fourth-order valence-corrected chi connectivity index (χ4v) is 3.03. The summed E-state index contributed by atoms with van der Waals surface area (Å²) in [5.74, 6) is 1.26. The fourth-order valence-electron chi connectivity index (χ4n) is 2.10. The molecule has 2 aromatic heterocycles. The SMILES string of the molecule is CSCCCCCCn1c(=S)[nH]c2cc(Cl)cnc21. The third-order valence-corrected chi connectivity index (χ3v) is 4.28. The van der Waals surface area contributed by atoms with Crippen LogP contribution in [0.3, 0.4) is 0 Å². The Kier molecular flexibility index (Phi) is 5.73.